The quantitative estimate of drug-likeness (QED) is 0.221. The normalized spacial score (nSPS) is 11.2. The zero-order valence-electron chi connectivity index (χ0n) is 21.0. The van der Waals surface area contributed by atoms with E-state index in [-0.39, 0.29) is 12.1 Å². The highest BCUT2D eigenvalue weighted by molar-refractivity contribution is 7.80. The number of halogens is 3. The molecule has 0 aliphatic rings. The first-order valence-corrected chi connectivity index (χ1v) is 12.9. The van der Waals surface area contributed by atoms with Gasteiger partial charge in [-0.05, 0) is 60.8 Å². The summed E-state index contributed by atoms with van der Waals surface area (Å²) in [4.78, 5) is 6.11. The van der Waals surface area contributed by atoms with E-state index in [9.17, 15) is 13.2 Å². The molecule has 0 radical (unpaired) electrons. The number of nitriles is 1. The predicted molar refractivity (Wildman–Crippen MR) is 143 cm³/mol. The van der Waals surface area contributed by atoms with Crippen molar-refractivity contribution in [1.82, 2.24) is 19.8 Å². The van der Waals surface area contributed by atoms with E-state index in [4.69, 9.17) is 17.5 Å². The Labute approximate surface area is 221 Å². The zero-order chi connectivity index (χ0) is 26.7. The number of aryl methyl sites for hydroxylation is 1. The second kappa shape index (κ2) is 13.8. The summed E-state index contributed by atoms with van der Waals surface area (Å²) in [7, 11) is 0. The Morgan fingerprint density at radius 3 is 2.57 bits per heavy atom. The van der Waals surface area contributed by atoms with Crippen LogP contribution < -0.4 is 5.32 Å². The second-order valence-electron chi connectivity index (χ2n) is 8.94. The number of aromatic nitrogens is 2. The van der Waals surface area contributed by atoms with Crippen LogP contribution in [0.5, 0.6) is 0 Å². The van der Waals surface area contributed by atoms with Crippen LogP contribution in [0.1, 0.15) is 60.6 Å². The number of thiocarbonyl (C=S) groups is 1. The zero-order valence-corrected chi connectivity index (χ0v) is 21.8. The Hall–Kier alpha value is -3.38. The van der Waals surface area contributed by atoms with Crippen molar-refractivity contribution in [3.63, 3.8) is 0 Å². The smallest absolute Gasteiger partial charge is 0.363 e. The first kappa shape index (κ1) is 28.2. The number of alkyl halides is 3. The van der Waals surface area contributed by atoms with E-state index in [0.717, 1.165) is 36.6 Å². The Balaban J connectivity index is 1.67. The van der Waals surface area contributed by atoms with E-state index in [2.05, 4.69) is 23.3 Å². The number of nitrogens with zero attached hydrogens (tertiary/aromatic N) is 4. The monoisotopic (exact) mass is 527 g/mol. The third-order valence-electron chi connectivity index (χ3n) is 6.12. The van der Waals surface area contributed by atoms with Gasteiger partial charge in [0.15, 0.2) is 5.11 Å². The molecule has 0 amide bonds. The van der Waals surface area contributed by atoms with E-state index in [1.807, 2.05) is 27.8 Å². The molecule has 0 aliphatic heterocycles. The van der Waals surface area contributed by atoms with Crippen LogP contribution in [0, 0.1) is 11.3 Å². The molecule has 0 spiro atoms. The van der Waals surface area contributed by atoms with Crippen LogP contribution >= 0.6 is 12.2 Å². The van der Waals surface area contributed by atoms with Crippen molar-refractivity contribution in [1.29, 1.82) is 5.26 Å². The van der Waals surface area contributed by atoms with Gasteiger partial charge in [0.25, 0.3) is 0 Å². The molecular weight excluding hydrogens is 495 g/mol. The molecule has 2 aromatic carbocycles. The molecule has 0 bridgehead atoms. The Morgan fingerprint density at radius 1 is 1.11 bits per heavy atom. The van der Waals surface area contributed by atoms with E-state index in [1.54, 1.807) is 24.5 Å². The molecule has 1 N–H and O–H groups in total. The lowest BCUT2D eigenvalue weighted by Gasteiger charge is -2.27. The summed E-state index contributed by atoms with van der Waals surface area (Å²) in [6.07, 6.45) is 3.66. The summed E-state index contributed by atoms with van der Waals surface area (Å²) in [6, 6.07) is 15.2. The number of benzene rings is 2. The second-order valence-corrected chi connectivity index (χ2v) is 9.33. The van der Waals surface area contributed by atoms with Gasteiger partial charge in [0, 0.05) is 38.1 Å². The van der Waals surface area contributed by atoms with Crippen molar-refractivity contribution >= 4 is 17.3 Å². The van der Waals surface area contributed by atoms with Gasteiger partial charge in [0.1, 0.15) is 0 Å². The molecule has 3 rings (SSSR count). The Morgan fingerprint density at radius 2 is 1.86 bits per heavy atom. The van der Waals surface area contributed by atoms with Crippen LogP contribution in [-0.2, 0) is 25.7 Å². The van der Waals surface area contributed by atoms with Gasteiger partial charge in [-0.2, -0.15) is 18.4 Å². The Kier molecular flexibility index (Phi) is 10.5. The fourth-order valence-electron chi connectivity index (χ4n) is 4.11. The number of imidazole rings is 1. The summed E-state index contributed by atoms with van der Waals surface area (Å²) in [5.41, 5.74) is 2.27. The molecule has 5 nitrogen and oxygen atoms in total. The van der Waals surface area contributed by atoms with Gasteiger partial charge in [0.2, 0.25) is 0 Å². The fourth-order valence-corrected chi connectivity index (χ4v) is 4.36. The highest BCUT2D eigenvalue weighted by Crippen LogP contribution is 2.32. The number of rotatable bonds is 12. The maximum Gasteiger partial charge on any atom is 0.416 e. The predicted octanol–water partition coefficient (Wildman–Crippen LogP) is 6.32. The van der Waals surface area contributed by atoms with Crippen molar-refractivity contribution in [3.8, 4) is 6.07 Å². The first-order valence-electron chi connectivity index (χ1n) is 12.5. The van der Waals surface area contributed by atoms with Gasteiger partial charge in [-0.1, -0.05) is 50.1 Å². The van der Waals surface area contributed by atoms with Crippen LogP contribution in [0.3, 0.4) is 0 Å². The lowest BCUT2D eigenvalue weighted by Crippen LogP contribution is -2.40. The fraction of sp³-hybridized carbons (Fsp3) is 0.393. The average molecular weight is 528 g/mol. The van der Waals surface area contributed by atoms with Crippen molar-refractivity contribution in [2.45, 2.75) is 58.3 Å². The van der Waals surface area contributed by atoms with Crippen LogP contribution in [0.15, 0.2) is 61.1 Å². The van der Waals surface area contributed by atoms with Crippen LogP contribution in [-0.4, -0.2) is 32.7 Å². The molecule has 196 valence electrons. The summed E-state index contributed by atoms with van der Waals surface area (Å²) in [6.45, 7) is 4.03. The van der Waals surface area contributed by atoms with Gasteiger partial charge in [-0.25, -0.2) is 4.98 Å². The summed E-state index contributed by atoms with van der Waals surface area (Å²) < 4.78 is 42.8. The van der Waals surface area contributed by atoms with Crippen LogP contribution in [0.25, 0.3) is 0 Å². The van der Waals surface area contributed by atoms with E-state index in [0.29, 0.717) is 43.2 Å². The first-order chi connectivity index (χ1) is 17.8. The van der Waals surface area contributed by atoms with Crippen LogP contribution in [0.2, 0.25) is 0 Å². The van der Waals surface area contributed by atoms with Crippen molar-refractivity contribution in [3.05, 3.63) is 89.0 Å². The van der Waals surface area contributed by atoms with Crippen LogP contribution in [0.4, 0.5) is 13.2 Å². The molecule has 1 aromatic heterocycles. The van der Waals surface area contributed by atoms with Crippen molar-refractivity contribution in [2.75, 3.05) is 13.1 Å². The topological polar surface area (TPSA) is 56.9 Å². The largest absolute Gasteiger partial charge is 0.416 e. The number of hydrogen-bond acceptors (Lipinski definition) is 3. The van der Waals surface area contributed by atoms with Gasteiger partial charge < -0.3 is 14.8 Å². The highest BCUT2D eigenvalue weighted by Gasteiger charge is 2.33. The van der Waals surface area contributed by atoms with Gasteiger partial charge in [-0.15, -0.1) is 0 Å². The molecule has 0 saturated carbocycles. The summed E-state index contributed by atoms with van der Waals surface area (Å²) in [5.74, 6) is 0. The molecule has 37 heavy (non-hydrogen) atoms. The Bertz CT molecular complexity index is 1180. The van der Waals surface area contributed by atoms with Gasteiger partial charge in [-0.3, -0.25) is 0 Å². The van der Waals surface area contributed by atoms with Crippen molar-refractivity contribution < 1.29 is 13.2 Å². The molecule has 0 fully saturated rings. The van der Waals surface area contributed by atoms with E-state index < -0.39 is 11.7 Å². The van der Waals surface area contributed by atoms with Gasteiger partial charge >= 0.3 is 6.18 Å². The molecule has 9 heteroatoms. The SMILES string of the molecule is CCCCCNC(=S)N(CCCc1cncn1Cc1ccc(C#N)cc1)Cc1ccccc1C(F)(F)F. The minimum atomic E-state index is -4.42. The summed E-state index contributed by atoms with van der Waals surface area (Å²) >= 11 is 5.60. The number of nitrogens with one attached hydrogen (secondary N) is 1. The minimum absolute atomic E-state index is 0.0831. The van der Waals surface area contributed by atoms with Gasteiger partial charge in [0.05, 0.1) is 23.5 Å². The molecule has 1 heterocycles. The standard InChI is InChI=1S/C28H32F3N5S/c1-2-3-6-15-34-27(37)35(20-24-8-4-5-10-26(24)28(29,30)31)16-7-9-25-18-33-21-36(25)19-23-13-11-22(17-32)12-14-23/h4-5,8,10-14,18,21H,2-3,6-7,9,15-16,19-20H2,1H3,(H,34,37). The van der Waals surface area contributed by atoms with E-state index >= 15 is 0 Å². The number of unbranched alkanes of at least 4 members (excludes halogenated alkanes) is 2. The maximum absolute atomic E-state index is 13.6. The molecule has 0 aliphatic carbocycles. The third kappa shape index (κ3) is 8.60. The lowest BCUT2D eigenvalue weighted by molar-refractivity contribution is -0.138. The lowest BCUT2D eigenvalue weighted by atomic mass is 10.1. The maximum atomic E-state index is 13.6. The molecule has 3 aromatic rings. The summed E-state index contributed by atoms with van der Waals surface area (Å²) in [5, 5.41) is 12.7. The molecule has 0 saturated heterocycles. The molecule has 0 unspecified atom stereocenters. The van der Waals surface area contributed by atoms with E-state index in [1.165, 1.54) is 12.1 Å². The molecular formula is C28H32F3N5S. The number of hydrogen-bond donors (Lipinski definition) is 1. The van der Waals surface area contributed by atoms with Crippen molar-refractivity contribution in [2.24, 2.45) is 0 Å². The molecule has 0 atom stereocenters. The highest BCUT2D eigenvalue weighted by atomic mass is 32.1. The minimum Gasteiger partial charge on any atom is -0.363 e. The third-order valence-corrected chi connectivity index (χ3v) is 6.53. The average Bonchev–Trinajstić information content (AvgIpc) is 3.32.